The molecule has 1 heterocycles. The molecule has 3 aromatic rings. The van der Waals surface area contributed by atoms with Gasteiger partial charge in [0.1, 0.15) is 11.6 Å². The Labute approximate surface area is 144 Å². The minimum absolute atomic E-state index is 0.0467. The second-order valence-corrected chi connectivity index (χ2v) is 5.66. The zero-order chi connectivity index (χ0) is 18.2. The molecule has 1 aromatic heterocycles. The molecule has 4 nitrogen and oxygen atoms in total. The van der Waals surface area contributed by atoms with Crippen LogP contribution in [0.1, 0.15) is 11.3 Å². The third kappa shape index (κ3) is 3.85. The van der Waals surface area contributed by atoms with Crippen molar-refractivity contribution in [2.24, 2.45) is 0 Å². The van der Waals surface area contributed by atoms with Crippen LogP contribution >= 0.6 is 11.6 Å². The molecule has 0 spiro atoms. The van der Waals surface area contributed by atoms with E-state index in [0.29, 0.717) is 5.39 Å². The average Bonchev–Trinajstić information content (AvgIpc) is 2.86. The predicted octanol–water partition coefficient (Wildman–Crippen LogP) is 4.27. The van der Waals surface area contributed by atoms with Crippen molar-refractivity contribution >= 4 is 22.5 Å². The Hall–Kier alpha value is -2.32. The van der Waals surface area contributed by atoms with Crippen molar-refractivity contribution in [3.05, 3.63) is 58.5 Å². The minimum Gasteiger partial charge on any atom is -0.406 e. The van der Waals surface area contributed by atoms with Gasteiger partial charge in [0.25, 0.3) is 0 Å². The first-order valence-corrected chi connectivity index (χ1v) is 7.44. The number of rotatable bonds is 4. The van der Waals surface area contributed by atoms with Crippen molar-refractivity contribution in [2.45, 2.75) is 19.5 Å². The lowest BCUT2D eigenvalue weighted by atomic mass is 10.2. The molecule has 0 saturated carbocycles. The number of hydrogen-bond acceptors (Lipinski definition) is 3. The molecule has 0 aliphatic carbocycles. The Morgan fingerprint density at radius 1 is 1.16 bits per heavy atom. The highest BCUT2D eigenvalue weighted by atomic mass is 35.5. The molecule has 1 N–H and O–H groups in total. The fraction of sp³-hybridized carbons (Fsp3) is 0.188. The van der Waals surface area contributed by atoms with Crippen LogP contribution < -0.4 is 4.74 Å². The van der Waals surface area contributed by atoms with Crippen molar-refractivity contribution in [3.8, 4) is 5.75 Å². The van der Waals surface area contributed by atoms with Gasteiger partial charge < -0.3 is 9.84 Å². The van der Waals surface area contributed by atoms with E-state index in [1.807, 2.05) is 0 Å². The Balaban J connectivity index is 2.05. The maximum Gasteiger partial charge on any atom is 0.573 e. The summed E-state index contributed by atoms with van der Waals surface area (Å²) >= 11 is 5.71. The van der Waals surface area contributed by atoms with Gasteiger partial charge in [-0.15, -0.1) is 13.2 Å². The van der Waals surface area contributed by atoms with Gasteiger partial charge in [-0.2, -0.15) is 5.10 Å². The molecular formula is C16H11ClF4N2O2. The molecule has 0 amide bonds. The zero-order valence-electron chi connectivity index (χ0n) is 12.5. The number of alkyl halides is 3. The number of aromatic nitrogens is 2. The van der Waals surface area contributed by atoms with Crippen LogP contribution in [0.15, 0.2) is 36.4 Å². The maximum atomic E-state index is 14.0. The number of hydrogen-bond donors (Lipinski definition) is 1. The lowest BCUT2D eigenvalue weighted by Gasteiger charge is -2.10. The molecule has 2 aromatic carbocycles. The van der Waals surface area contributed by atoms with Crippen molar-refractivity contribution in [1.82, 2.24) is 9.78 Å². The second-order valence-electron chi connectivity index (χ2n) is 5.22. The van der Waals surface area contributed by atoms with E-state index in [4.69, 9.17) is 11.6 Å². The molecule has 25 heavy (non-hydrogen) atoms. The summed E-state index contributed by atoms with van der Waals surface area (Å²) in [6.07, 6.45) is -4.83. The molecule has 0 saturated heterocycles. The van der Waals surface area contributed by atoms with Gasteiger partial charge in [-0.1, -0.05) is 17.7 Å². The van der Waals surface area contributed by atoms with Gasteiger partial charge in [0, 0.05) is 22.0 Å². The summed E-state index contributed by atoms with van der Waals surface area (Å²) in [5.41, 5.74) is 0.795. The van der Waals surface area contributed by atoms with Gasteiger partial charge in [-0.25, -0.2) is 4.39 Å². The van der Waals surface area contributed by atoms with Crippen LogP contribution in [0.5, 0.6) is 5.75 Å². The number of fused-ring (bicyclic) bond motifs is 1. The first-order chi connectivity index (χ1) is 11.8. The van der Waals surface area contributed by atoms with Gasteiger partial charge in [0.2, 0.25) is 0 Å². The third-order valence-electron chi connectivity index (χ3n) is 3.52. The van der Waals surface area contributed by atoms with Crippen LogP contribution in [0, 0.1) is 5.82 Å². The van der Waals surface area contributed by atoms with Gasteiger partial charge in [-0.3, -0.25) is 4.68 Å². The molecule has 0 radical (unpaired) electrons. The van der Waals surface area contributed by atoms with Gasteiger partial charge in [-0.05, 0) is 24.3 Å². The van der Waals surface area contributed by atoms with E-state index < -0.39 is 24.5 Å². The number of aliphatic hydroxyl groups is 1. The smallest absolute Gasteiger partial charge is 0.406 e. The molecule has 132 valence electrons. The van der Waals surface area contributed by atoms with Crippen molar-refractivity contribution < 1.29 is 27.4 Å². The number of benzene rings is 2. The van der Waals surface area contributed by atoms with E-state index in [1.165, 1.54) is 22.9 Å². The number of halogens is 5. The van der Waals surface area contributed by atoms with Crippen molar-refractivity contribution in [1.29, 1.82) is 0 Å². The minimum atomic E-state index is -4.83. The molecule has 3 rings (SSSR count). The third-order valence-corrected chi connectivity index (χ3v) is 3.75. The summed E-state index contributed by atoms with van der Waals surface area (Å²) in [5, 5.41) is 14.2. The standard InChI is InChI=1S/C16H11ClF4N2O2/c17-10-2-1-9(13(18)5-10)7-23-15-6-11(25-16(19,20)21)3-4-12(15)14(8-24)22-23/h1-6,24H,7-8H2. The van der Waals surface area contributed by atoms with E-state index in [1.54, 1.807) is 0 Å². The van der Waals surface area contributed by atoms with E-state index in [9.17, 15) is 22.7 Å². The van der Waals surface area contributed by atoms with E-state index >= 15 is 0 Å². The first-order valence-electron chi connectivity index (χ1n) is 7.07. The van der Waals surface area contributed by atoms with Crippen molar-refractivity contribution in [3.63, 3.8) is 0 Å². The Kier molecular flexibility index (Phi) is 4.57. The summed E-state index contributed by atoms with van der Waals surface area (Å²) in [5.74, 6) is -0.994. The van der Waals surface area contributed by atoms with E-state index in [2.05, 4.69) is 9.84 Å². The predicted molar refractivity (Wildman–Crippen MR) is 82.9 cm³/mol. The molecule has 0 aliphatic rings. The highest BCUT2D eigenvalue weighted by Gasteiger charge is 2.31. The topological polar surface area (TPSA) is 47.3 Å². The Morgan fingerprint density at radius 2 is 1.92 bits per heavy atom. The molecule has 0 aliphatic heterocycles. The number of aliphatic hydroxyl groups excluding tert-OH is 1. The largest absolute Gasteiger partial charge is 0.573 e. The lowest BCUT2D eigenvalue weighted by molar-refractivity contribution is -0.274. The van der Waals surface area contributed by atoms with Crippen LogP contribution in [0.25, 0.3) is 10.9 Å². The highest BCUT2D eigenvalue weighted by Crippen LogP contribution is 2.29. The average molecular weight is 375 g/mol. The first kappa shape index (κ1) is 17.5. The van der Waals surface area contributed by atoms with Gasteiger partial charge in [0.05, 0.1) is 24.4 Å². The molecule has 9 heteroatoms. The zero-order valence-corrected chi connectivity index (χ0v) is 13.3. The van der Waals surface area contributed by atoms with Crippen LogP contribution in [0.2, 0.25) is 5.02 Å². The van der Waals surface area contributed by atoms with Crippen LogP contribution in [-0.2, 0) is 13.2 Å². The van der Waals surface area contributed by atoms with Gasteiger partial charge in [0.15, 0.2) is 0 Å². The maximum absolute atomic E-state index is 14.0. The fourth-order valence-electron chi connectivity index (χ4n) is 2.47. The van der Waals surface area contributed by atoms with Crippen LogP contribution in [-0.4, -0.2) is 21.2 Å². The monoisotopic (exact) mass is 374 g/mol. The van der Waals surface area contributed by atoms with Gasteiger partial charge >= 0.3 is 6.36 Å². The summed E-state index contributed by atoms with van der Waals surface area (Å²) in [7, 11) is 0. The summed E-state index contributed by atoms with van der Waals surface area (Å²) in [4.78, 5) is 0. The molecular weight excluding hydrogens is 364 g/mol. The SMILES string of the molecule is OCc1nn(Cc2ccc(Cl)cc2F)c2cc(OC(F)(F)F)ccc12. The quantitative estimate of drug-likeness (QED) is 0.694. The molecule has 0 unspecified atom stereocenters. The fourth-order valence-corrected chi connectivity index (χ4v) is 2.63. The van der Waals surface area contributed by atoms with Crippen LogP contribution in [0.4, 0.5) is 17.6 Å². The number of nitrogens with zero attached hydrogens (tertiary/aromatic N) is 2. The Morgan fingerprint density at radius 3 is 2.56 bits per heavy atom. The normalized spacial score (nSPS) is 11.9. The second kappa shape index (κ2) is 6.53. The molecule has 0 fully saturated rings. The Bertz CT molecular complexity index is 924. The number of ether oxygens (including phenoxy) is 1. The summed E-state index contributed by atoms with van der Waals surface area (Å²) in [6.45, 7) is -0.457. The van der Waals surface area contributed by atoms with E-state index in [-0.39, 0.29) is 28.3 Å². The molecule has 0 atom stereocenters. The van der Waals surface area contributed by atoms with E-state index in [0.717, 1.165) is 18.2 Å². The van der Waals surface area contributed by atoms with Crippen LogP contribution in [0.3, 0.4) is 0 Å². The van der Waals surface area contributed by atoms with Crippen molar-refractivity contribution in [2.75, 3.05) is 0 Å². The lowest BCUT2D eigenvalue weighted by Crippen LogP contribution is -2.17. The highest BCUT2D eigenvalue weighted by molar-refractivity contribution is 6.30. The summed E-state index contributed by atoms with van der Waals surface area (Å²) < 4.78 is 56.4. The molecule has 0 bridgehead atoms. The summed E-state index contributed by atoms with van der Waals surface area (Å²) in [6, 6.07) is 7.72.